The van der Waals surface area contributed by atoms with Crippen LogP contribution in [0.2, 0.25) is 0 Å². The predicted octanol–water partition coefficient (Wildman–Crippen LogP) is -4.82. The van der Waals surface area contributed by atoms with E-state index in [-0.39, 0.29) is 74.9 Å². The maximum atomic E-state index is 13.8. The molecule has 65 heavy (non-hydrogen) atoms. The molecule has 0 saturated heterocycles. The second-order valence-electron chi connectivity index (χ2n) is 15.6. The molecule has 2 aromatic rings. The fraction of sp³-hybridized carbons (Fsp3) is 0.525. The van der Waals surface area contributed by atoms with E-state index in [9.17, 15) is 53.4 Å². The lowest BCUT2D eigenvalue weighted by atomic mass is 10.0. The van der Waals surface area contributed by atoms with Crippen molar-refractivity contribution in [1.29, 1.82) is 0 Å². The first-order valence-corrected chi connectivity index (χ1v) is 20.7. The molecule has 1 aromatic carbocycles. The van der Waals surface area contributed by atoms with Crippen LogP contribution >= 0.6 is 0 Å². The number of phenolic OH excluding ortho intramolecular Hbond substituents is 1. The molecule has 0 spiro atoms. The van der Waals surface area contributed by atoms with E-state index >= 15 is 0 Å². The highest BCUT2D eigenvalue weighted by Crippen LogP contribution is 2.13. The molecule has 1 heterocycles. The van der Waals surface area contributed by atoms with Crippen molar-refractivity contribution in [1.82, 2.24) is 47.2 Å². The van der Waals surface area contributed by atoms with Crippen LogP contribution in [-0.4, -0.2) is 135 Å². The van der Waals surface area contributed by atoms with Crippen LogP contribution in [-0.2, 0) is 56.0 Å². The lowest BCUT2D eigenvalue weighted by Gasteiger charge is -2.27. The number of nitrogens with one attached hydrogen (secondary N) is 8. The summed E-state index contributed by atoms with van der Waals surface area (Å²) < 4.78 is 0. The first-order chi connectivity index (χ1) is 30.6. The number of aromatic nitrogens is 2. The number of aliphatic hydroxyl groups excluding tert-OH is 1. The number of nitrogens with two attached hydrogens (primary N) is 4. The zero-order valence-electron chi connectivity index (χ0n) is 36.7. The molecular weight excluding hydrogens is 853 g/mol. The fourth-order valence-corrected chi connectivity index (χ4v) is 6.14. The zero-order valence-corrected chi connectivity index (χ0v) is 36.7. The molecule has 0 aliphatic rings. The number of rotatable bonds is 28. The summed E-state index contributed by atoms with van der Waals surface area (Å²) in [5.74, 6) is -7.63. The number of benzene rings is 1. The first kappa shape index (κ1) is 53.8. The molecule has 0 saturated carbocycles. The number of aromatic hydroxyl groups is 1. The van der Waals surface area contributed by atoms with E-state index in [2.05, 4.69) is 52.2 Å². The number of phenols is 1. The molecule has 0 aliphatic carbocycles. The van der Waals surface area contributed by atoms with E-state index in [1.807, 2.05) is 0 Å². The van der Waals surface area contributed by atoms with Crippen molar-refractivity contribution < 1.29 is 53.4 Å². The van der Waals surface area contributed by atoms with Gasteiger partial charge in [0.25, 0.3) is 0 Å². The molecule has 0 fully saturated rings. The summed E-state index contributed by atoms with van der Waals surface area (Å²) >= 11 is 0. The maximum Gasteiger partial charge on any atom is 0.245 e. The number of aromatic amines is 1. The molecule has 0 radical (unpaired) electrons. The van der Waals surface area contributed by atoms with Gasteiger partial charge in [-0.25, -0.2) is 4.98 Å². The van der Waals surface area contributed by atoms with E-state index in [0.717, 1.165) is 0 Å². The Morgan fingerprint density at radius 1 is 0.677 bits per heavy atom. The third kappa shape index (κ3) is 20.2. The van der Waals surface area contributed by atoms with Gasteiger partial charge < -0.3 is 75.3 Å². The molecule has 1 aromatic heterocycles. The highest BCUT2D eigenvalue weighted by atomic mass is 16.3. The quantitative estimate of drug-likeness (QED) is 0.0217. The van der Waals surface area contributed by atoms with Gasteiger partial charge in [-0.3, -0.25) is 48.1 Å². The minimum Gasteiger partial charge on any atom is -0.508 e. The largest absolute Gasteiger partial charge is 0.508 e. The number of guanidine groups is 1. The van der Waals surface area contributed by atoms with E-state index in [0.29, 0.717) is 5.56 Å². The van der Waals surface area contributed by atoms with Crippen LogP contribution in [0.4, 0.5) is 0 Å². The summed E-state index contributed by atoms with van der Waals surface area (Å²) in [7, 11) is 0. The van der Waals surface area contributed by atoms with Gasteiger partial charge in [0, 0.05) is 45.1 Å². The van der Waals surface area contributed by atoms with Gasteiger partial charge in [-0.2, -0.15) is 0 Å². The molecule has 25 heteroatoms. The number of carbonyl (C=O) groups excluding carboxylic acids is 9. The molecule has 25 nitrogen and oxygen atoms in total. The number of amides is 9. The van der Waals surface area contributed by atoms with Crippen molar-refractivity contribution >= 4 is 59.1 Å². The molecule has 358 valence electrons. The standard InChI is InChI=1S/C40H62N14O11/c1-20(2)16-27(36(62)50-25(33(42)59)11-12-31(41)58)52-34(60)21(3)48-35(61)26(6-5-13-47-40(43)44)51-39(65)30(19-55)54-38(64)29(18-32-45-14-15-46-32)53-37(63)28(49-22(4)56)17-23-7-9-24(57)10-8-23/h7-10,14-15,20-21,25-30,55,57H,5-6,11-13,16-19H2,1-4H3,(H2,41,58)(H2,42,59)(H,45,46)(H,48,61)(H,49,56)(H,50,62)(H,51,65)(H,52,60)(H,53,63)(H,54,64)(H4,43,44,47). The number of hydrogen-bond donors (Lipinski definition) is 14. The van der Waals surface area contributed by atoms with Gasteiger partial charge in [0.05, 0.1) is 6.61 Å². The molecule has 0 aliphatic heterocycles. The minimum absolute atomic E-state index is 0.0181. The fourth-order valence-electron chi connectivity index (χ4n) is 6.14. The Morgan fingerprint density at radius 3 is 1.75 bits per heavy atom. The highest BCUT2D eigenvalue weighted by Gasteiger charge is 2.33. The van der Waals surface area contributed by atoms with Crippen LogP contribution in [0.5, 0.6) is 5.75 Å². The van der Waals surface area contributed by atoms with E-state index in [1.54, 1.807) is 26.0 Å². The number of aliphatic hydroxyl groups is 1. The zero-order chi connectivity index (χ0) is 48.8. The van der Waals surface area contributed by atoms with Gasteiger partial charge >= 0.3 is 0 Å². The highest BCUT2D eigenvalue weighted by molar-refractivity contribution is 5.97. The summed E-state index contributed by atoms with van der Waals surface area (Å²) in [6, 6.07) is -3.62. The molecule has 7 unspecified atom stereocenters. The van der Waals surface area contributed by atoms with Gasteiger partial charge in [0.2, 0.25) is 53.2 Å². The van der Waals surface area contributed by atoms with Gasteiger partial charge in [-0.05, 0) is 56.2 Å². The Morgan fingerprint density at radius 2 is 1.22 bits per heavy atom. The maximum absolute atomic E-state index is 13.8. The van der Waals surface area contributed by atoms with Crippen molar-refractivity contribution in [2.45, 2.75) is 115 Å². The number of primary amides is 2. The summed E-state index contributed by atoms with van der Waals surface area (Å²) in [4.78, 5) is 127. The van der Waals surface area contributed by atoms with Crippen LogP contribution in [0.25, 0.3) is 0 Å². The third-order valence-electron chi connectivity index (χ3n) is 9.48. The average molecular weight is 915 g/mol. The number of imidazole rings is 1. The first-order valence-electron chi connectivity index (χ1n) is 20.7. The van der Waals surface area contributed by atoms with E-state index in [4.69, 9.17) is 22.9 Å². The molecule has 7 atom stereocenters. The van der Waals surface area contributed by atoms with Gasteiger partial charge in [-0.15, -0.1) is 0 Å². The normalized spacial score (nSPS) is 14.1. The van der Waals surface area contributed by atoms with E-state index in [1.165, 1.54) is 38.4 Å². The number of H-pyrrole nitrogens is 1. The lowest BCUT2D eigenvalue weighted by Crippen LogP contribution is -2.60. The van der Waals surface area contributed by atoms with Gasteiger partial charge in [-0.1, -0.05) is 26.0 Å². The van der Waals surface area contributed by atoms with Crippen LogP contribution in [0, 0.1) is 5.92 Å². The van der Waals surface area contributed by atoms with Crippen molar-refractivity contribution in [3.8, 4) is 5.75 Å². The smallest absolute Gasteiger partial charge is 0.245 e. The molecule has 0 bridgehead atoms. The third-order valence-corrected chi connectivity index (χ3v) is 9.48. The van der Waals surface area contributed by atoms with Crippen LogP contribution < -0.4 is 60.2 Å². The Kier molecular flexibility index (Phi) is 22.4. The number of aliphatic imine (C=N–C) groups is 1. The van der Waals surface area contributed by atoms with Crippen LogP contribution in [0.15, 0.2) is 41.7 Å². The summed E-state index contributed by atoms with van der Waals surface area (Å²) in [5, 5.41) is 37.3. The van der Waals surface area contributed by atoms with Gasteiger partial charge in [0.15, 0.2) is 5.96 Å². The molecule has 2 rings (SSSR count). The SMILES string of the molecule is CC(=O)NC(Cc1ccc(O)cc1)C(=O)NC(Cc1ncc[nH]1)C(=O)NC(CO)C(=O)NC(CCCN=C(N)N)C(=O)NC(C)C(=O)NC(CC(C)C)C(=O)NC(CCC(N)=O)C(N)=O. The van der Waals surface area contributed by atoms with Crippen LogP contribution in [0.3, 0.4) is 0 Å². The Bertz CT molecular complexity index is 1970. The average Bonchev–Trinajstić information content (AvgIpc) is 3.74. The second-order valence-corrected chi connectivity index (χ2v) is 15.6. The van der Waals surface area contributed by atoms with Crippen LogP contribution in [0.1, 0.15) is 71.2 Å². The predicted molar refractivity (Wildman–Crippen MR) is 233 cm³/mol. The Balaban J connectivity index is 2.27. The van der Waals surface area contributed by atoms with Crippen molar-refractivity contribution in [3.05, 3.63) is 48.0 Å². The van der Waals surface area contributed by atoms with E-state index < -0.39 is 102 Å². The van der Waals surface area contributed by atoms with Crippen molar-refractivity contribution in [3.63, 3.8) is 0 Å². The minimum atomic E-state index is -1.70. The topological polar surface area (TPSA) is 423 Å². The Hall–Kier alpha value is -7.31. The van der Waals surface area contributed by atoms with Gasteiger partial charge in [0.1, 0.15) is 53.9 Å². The lowest BCUT2D eigenvalue weighted by molar-refractivity contribution is -0.136. The molecule has 18 N–H and O–H groups in total. The number of hydrogen-bond acceptors (Lipinski definition) is 13. The second kappa shape index (κ2) is 27.0. The number of carbonyl (C=O) groups is 9. The summed E-state index contributed by atoms with van der Waals surface area (Å²) in [6.45, 7) is 5.10. The monoisotopic (exact) mass is 914 g/mol. The summed E-state index contributed by atoms with van der Waals surface area (Å²) in [5.41, 5.74) is 22.0. The van der Waals surface area contributed by atoms with Crippen molar-refractivity contribution in [2.75, 3.05) is 13.2 Å². The molecule has 9 amide bonds. The number of nitrogens with zero attached hydrogens (tertiary/aromatic N) is 2. The Labute approximate surface area is 374 Å². The molecular formula is C40H62N14O11. The summed E-state index contributed by atoms with van der Waals surface area (Å²) in [6.07, 6.45) is 2.31. The van der Waals surface area contributed by atoms with Crippen molar-refractivity contribution in [2.24, 2.45) is 33.8 Å².